The van der Waals surface area contributed by atoms with E-state index in [1.54, 1.807) is 11.3 Å². The van der Waals surface area contributed by atoms with Gasteiger partial charge in [-0.15, -0.1) is 11.3 Å². The van der Waals surface area contributed by atoms with Gasteiger partial charge < -0.3 is 10.3 Å². The van der Waals surface area contributed by atoms with Gasteiger partial charge in [-0.2, -0.15) is 0 Å². The molecule has 1 aliphatic carbocycles. The van der Waals surface area contributed by atoms with Crippen molar-refractivity contribution in [1.29, 1.82) is 0 Å². The number of hydrogen-bond donors (Lipinski definition) is 2. The van der Waals surface area contributed by atoms with Crippen LogP contribution in [0.2, 0.25) is 5.02 Å². The Kier molecular flexibility index (Phi) is 5.10. The number of fused-ring (bicyclic) bond motifs is 3. The third-order valence-electron chi connectivity index (χ3n) is 5.44. The van der Waals surface area contributed by atoms with Crippen molar-refractivity contribution in [2.24, 2.45) is 5.92 Å². The van der Waals surface area contributed by atoms with Crippen LogP contribution in [0.15, 0.2) is 29.1 Å². The first-order valence-electron chi connectivity index (χ1n) is 9.48. The van der Waals surface area contributed by atoms with Crippen molar-refractivity contribution in [2.75, 3.05) is 0 Å². The summed E-state index contributed by atoms with van der Waals surface area (Å²) in [6.45, 7) is 6.39. The van der Waals surface area contributed by atoms with E-state index in [0.29, 0.717) is 11.7 Å². The van der Waals surface area contributed by atoms with E-state index in [-0.39, 0.29) is 17.6 Å². The lowest BCUT2D eigenvalue weighted by Crippen LogP contribution is -2.26. The lowest BCUT2D eigenvalue weighted by atomic mass is 9.89. The molecule has 0 saturated heterocycles. The molecule has 1 aliphatic rings. The lowest BCUT2D eigenvalue weighted by molar-refractivity contribution is 0.477. The highest BCUT2D eigenvalue weighted by Crippen LogP contribution is 2.35. The molecular formula is C21H24ClN3OS. The van der Waals surface area contributed by atoms with Gasteiger partial charge in [0.05, 0.1) is 11.4 Å². The van der Waals surface area contributed by atoms with Gasteiger partial charge >= 0.3 is 0 Å². The number of hydrogen-bond acceptors (Lipinski definition) is 4. The molecule has 0 bridgehead atoms. The Bertz CT molecular complexity index is 1040. The molecule has 0 saturated carbocycles. The number of nitrogens with zero attached hydrogens (tertiary/aromatic N) is 1. The van der Waals surface area contributed by atoms with Crippen LogP contribution in [-0.4, -0.2) is 9.97 Å². The van der Waals surface area contributed by atoms with Crippen LogP contribution in [0.4, 0.5) is 0 Å². The zero-order valence-corrected chi connectivity index (χ0v) is 17.4. The highest BCUT2D eigenvalue weighted by atomic mass is 35.5. The van der Waals surface area contributed by atoms with Crippen molar-refractivity contribution < 1.29 is 0 Å². The molecule has 142 valence electrons. The van der Waals surface area contributed by atoms with E-state index in [4.69, 9.17) is 16.6 Å². The van der Waals surface area contributed by atoms with E-state index in [0.717, 1.165) is 40.1 Å². The van der Waals surface area contributed by atoms with Gasteiger partial charge in [-0.3, -0.25) is 4.79 Å². The Morgan fingerprint density at radius 1 is 1.33 bits per heavy atom. The number of aryl methyl sites for hydroxylation is 1. The minimum Gasteiger partial charge on any atom is -0.309 e. The maximum atomic E-state index is 12.8. The van der Waals surface area contributed by atoms with Crippen LogP contribution in [0.1, 0.15) is 61.1 Å². The maximum absolute atomic E-state index is 12.8. The summed E-state index contributed by atoms with van der Waals surface area (Å²) in [6, 6.07) is 7.84. The summed E-state index contributed by atoms with van der Waals surface area (Å²) in [6.07, 6.45) is 3.19. The van der Waals surface area contributed by atoms with E-state index >= 15 is 0 Å². The predicted molar refractivity (Wildman–Crippen MR) is 113 cm³/mol. The largest absolute Gasteiger partial charge is 0.309 e. The highest BCUT2D eigenvalue weighted by molar-refractivity contribution is 7.18. The van der Waals surface area contributed by atoms with E-state index < -0.39 is 0 Å². The summed E-state index contributed by atoms with van der Waals surface area (Å²) in [5.74, 6) is 1.37. The topological polar surface area (TPSA) is 57.8 Å². The van der Waals surface area contributed by atoms with Gasteiger partial charge in [0.25, 0.3) is 5.56 Å². The van der Waals surface area contributed by atoms with Crippen molar-refractivity contribution in [3.63, 3.8) is 0 Å². The summed E-state index contributed by atoms with van der Waals surface area (Å²) in [5, 5.41) is 5.04. The van der Waals surface area contributed by atoms with Gasteiger partial charge in [0.15, 0.2) is 0 Å². The third-order valence-corrected chi connectivity index (χ3v) is 6.83. The summed E-state index contributed by atoms with van der Waals surface area (Å²) >= 11 is 7.79. The molecular weight excluding hydrogens is 378 g/mol. The van der Waals surface area contributed by atoms with Gasteiger partial charge in [0.2, 0.25) is 0 Å². The van der Waals surface area contributed by atoms with Crippen molar-refractivity contribution >= 4 is 33.2 Å². The van der Waals surface area contributed by atoms with E-state index in [9.17, 15) is 4.79 Å². The van der Waals surface area contributed by atoms with Gasteiger partial charge in [-0.05, 0) is 62.3 Å². The number of nitrogens with one attached hydrogen (secondary N) is 2. The van der Waals surface area contributed by atoms with Gasteiger partial charge in [0, 0.05) is 15.9 Å². The number of halogens is 1. The molecule has 0 radical (unpaired) electrons. The quantitative estimate of drug-likeness (QED) is 0.633. The zero-order valence-electron chi connectivity index (χ0n) is 15.8. The Hall–Kier alpha value is -1.69. The molecule has 6 heteroatoms. The van der Waals surface area contributed by atoms with E-state index in [1.807, 2.05) is 31.2 Å². The van der Waals surface area contributed by atoms with Crippen molar-refractivity contribution in [1.82, 2.24) is 15.3 Å². The fourth-order valence-electron chi connectivity index (χ4n) is 3.90. The normalized spacial score (nSPS) is 19.0. The molecule has 4 rings (SSSR count). The standard InChI is InChI=1S/C21H24ClN3OS/c1-11-7-8-16-17(9-11)27-21-18(16)20(26)24-19(25-21)13(3)23-12(2)14-5-4-6-15(22)10-14/h4-6,10-13,23H,7-9H2,1-3H3,(H,24,25,26). The number of thiophene rings is 1. The fraction of sp³-hybridized carbons (Fsp3) is 0.429. The van der Waals surface area contributed by atoms with Crippen molar-refractivity contribution in [3.05, 3.63) is 61.5 Å². The molecule has 1 aromatic carbocycles. The molecule has 4 nitrogen and oxygen atoms in total. The second kappa shape index (κ2) is 7.38. The van der Waals surface area contributed by atoms with Crippen LogP contribution in [0.5, 0.6) is 0 Å². The summed E-state index contributed by atoms with van der Waals surface area (Å²) in [7, 11) is 0. The molecule has 3 atom stereocenters. The zero-order chi connectivity index (χ0) is 19.1. The second-order valence-electron chi connectivity index (χ2n) is 7.65. The summed E-state index contributed by atoms with van der Waals surface area (Å²) in [4.78, 5) is 22.8. The van der Waals surface area contributed by atoms with Crippen molar-refractivity contribution in [3.8, 4) is 0 Å². The summed E-state index contributed by atoms with van der Waals surface area (Å²) in [5.41, 5.74) is 2.32. The second-order valence-corrected chi connectivity index (χ2v) is 9.17. The molecule has 0 aliphatic heterocycles. The van der Waals surface area contributed by atoms with Crippen LogP contribution in [0.25, 0.3) is 10.2 Å². The monoisotopic (exact) mass is 401 g/mol. The lowest BCUT2D eigenvalue weighted by Gasteiger charge is -2.20. The smallest absolute Gasteiger partial charge is 0.259 e. The minimum atomic E-state index is -0.0749. The number of rotatable bonds is 4. The molecule has 0 spiro atoms. The van der Waals surface area contributed by atoms with Gasteiger partial charge in [-0.1, -0.05) is 30.7 Å². The number of benzene rings is 1. The maximum Gasteiger partial charge on any atom is 0.259 e. The fourth-order valence-corrected chi connectivity index (χ4v) is 5.49. The predicted octanol–water partition coefficient (Wildman–Crippen LogP) is 5.17. The first-order chi connectivity index (χ1) is 12.9. The van der Waals surface area contributed by atoms with Gasteiger partial charge in [-0.25, -0.2) is 4.98 Å². The molecule has 0 amide bonds. The highest BCUT2D eigenvalue weighted by Gasteiger charge is 2.24. The molecule has 2 aromatic heterocycles. The van der Waals surface area contributed by atoms with Crippen LogP contribution in [0, 0.1) is 5.92 Å². The van der Waals surface area contributed by atoms with Gasteiger partial charge in [0.1, 0.15) is 10.7 Å². The molecule has 2 heterocycles. The number of aromatic nitrogens is 2. The molecule has 0 fully saturated rings. The van der Waals surface area contributed by atoms with Crippen LogP contribution in [0.3, 0.4) is 0 Å². The molecule has 2 N–H and O–H groups in total. The number of H-pyrrole nitrogens is 1. The first-order valence-corrected chi connectivity index (χ1v) is 10.7. The molecule has 3 unspecified atom stereocenters. The Balaban J connectivity index is 1.62. The number of aromatic amines is 1. The van der Waals surface area contributed by atoms with E-state index in [1.165, 1.54) is 10.4 Å². The Morgan fingerprint density at radius 3 is 2.93 bits per heavy atom. The van der Waals surface area contributed by atoms with Crippen molar-refractivity contribution in [2.45, 2.75) is 52.1 Å². The summed E-state index contributed by atoms with van der Waals surface area (Å²) < 4.78 is 0. The Morgan fingerprint density at radius 2 is 2.15 bits per heavy atom. The molecule has 27 heavy (non-hydrogen) atoms. The first kappa shape index (κ1) is 18.7. The molecule has 3 aromatic rings. The van der Waals surface area contributed by atoms with Crippen LogP contribution < -0.4 is 10.9 Å². The van der Waals surface area contributed by atoms with Crippen LogP contribution >= 0.6 is 22.9 Å². The average molecular weight is 402 g/mol. The minimum absolute atomic E-state index is 0.00823. The average Bonchev–Trinajstić information content (AvgIpc) is 2.99. The van der Waals surface area contributed by atoms with Crippen LogP contribution in [-0.2, 0) is 12.8 Å². The van der Waals surface area contributed by atoms with E-state index in [2.05, 4.69) is 24.1 Å². The SMILES string of the molecule is CC1CCc2c(sc3nc(C(C)NC(C)c4cccc(Cl)c4)[nH]c(=O)c23)C1. The Labute approximate surface area is 168 Å². The third kappa shape index (κ3) is 3.68.